The van der Waals surface area contributed by atoms with Crippen molar-refractivity contribution in [3.05, 3.63) is 28.5 Å². The van der Waals surface area contributed by atoms with Crippen LogP contribution in [0.5, 0.6) is 0 Å². The van der Waals surface area contributed by atoms with Crippen LogP contribution in [0.4, 0.5) is 10.1 Å². The normalized spacial score (nSPS) is 33.4. The number of thiocarbonyl (C=S) groups is 1. The lowest BCUT2D eigenvalue weighted by atomic mass is 10.1. The van der Waals surface area contributed by atoms with Gasteiger partial charge in [-0.2, -0.15) is 4.55 Å². The van der Waals surface area contributed by atoms with E-state index >= 15 is 0 Å². The Bertz CT molecular complexity index is 612. The van der Waals surface area contributed by atoms with Gasteiger partial charge in [0.1, 0.15) is 17.9 Å². The number of nitrogens with zero attached hydrogens (tertiary/aromatic N) is 1. The largest absolute Gasteiger partial charge is 0.352 e. The monoisotopic (exact) mass is 365 g/mol. The van der Waals surface area contributed by atoms with Crippen molar-refractivity contribution in [1.29, 1.82) is 0 Å². The lowest BCUT2D eigenvalue weighted by Crippen LogP contribution is -2.38. The van der Waals surface area contributed by atoms with Gasteiger partial charge in [-0.3, -0.25) is 0 Å². The zero-order valence-corrected chi connectivity index (χ0v) is 12.9. The molecule has 2 aliphatic rings. The summed E-state index contributed by atoms with van der Waals surface area (Å²) in [6.07, 6.45) is 0. The molecule has 1 unspecified atom stereocenters. The number of fused-ring (bicyclic) bond motifs is 1. The first-order chi connectivity index (χ1) is 8.87. The highest BCUT2D eigenvalue weighted by molar-refractivity contribution is 9.10. The average Bonchev–Trinajstić information content (AvgIpc) is 2.70. The molecule has 3 atom stereocenters. The molecule has 2 heterocycles. The zero-order chi connectivity index (χ0) is 13.8. The maximum atomic E-state index is 14.0. The van der Waals surface area contributed by atoms with Crippen LogP contribution in [0.3, 0.4) is 0 Å². The lowest BCUT2D eigenvalue weighted by Gasteiger charge is -2.22. The van der Waals surface area contributed by atoms with E-state index in [9.17, 15) is 13.2 Å². The van der Waals surface area contributed by atoms with Crippen LogP contribution in [0.15, 0.2) is 22.7 Å². The van der Waals surface area contributed by atoms with Crippen molar-refractivity contribution < 1.29 is 13.2 Å². The van der Waals surface area contributed by atoms with Crippen LogP contribution in [0, 0.1) is 5.82 Å². The van der Waals surface area contributed by atoms with Crippen molar-refractivity contribution >= 4 is 49.2 Å². The molecule has 0 amide bonds. The van der Waals surface area contributed by atoms with Gasteiger partial charge in [-0.05, 0) is 30.4 Å². The SMILES string of the molecule is O=[S+]1(O)C[C@@H]2NC(=S)N(c3ccc(Br)cc3F)[C@H]2C1. The van der Waals surface area contributed by atoms with Crippen molar-refractivity contribution in [3.8, 4) is 0 Å². The summed E-state index contributed by atoms with van der Waals surface area (Å²) in [6, 6.07) is 4.25. The highest BCUT2D eigenvalue weighted by Crippen LogP contribution is 2.33. The molecule has 3 rings (SSSR count). The molecule has 1 aromatic carbocycles. The van der Waals surface area contributed by atoms with Gasteiger partial charge in [0.05, 0.1) is 5.69 Å². The van der Waals surface area contributed by atoms with E-state index in [0.717, 1.165) is 0 Å². The lowest BCUT2D eigenvalue weighted by molar-refractivity contribution is 0.502. The second-order valence-electron chi connectivity index (χ2n) is 4.69. The first-order valence-electron chi connectivity index (χ1n) is 5.64. The fourth-order valence-corrected chi connectivity index (χ4v) is 5.21. The van der Waals surface area contributed by atoms with Crippen LogP contribution in [0.25, 0.3) is 0 Å². The summed E-state index contributed by atoms with van der Waals surface area (Å²) in [5.41, 5.74) is 0.338. The molecule has 0 aliphatic carbocycles. The molecule has 0 spiro atoms. The molecule has 1 aromatic rings. The molecule has 0 saturated carbocycles. The number of anilines is 1. The number of rotatable bonds is 1. The van der Waals surface area contributed by atoms with Crippen LogP contribution >= 0.6 is 28.1 Å². The van der Waals surface area contributed by atoms with Crippen molar-refractivity contribution in [1.82, 2.24) is 5.32 Å². The number of nitrogens with one attached hydrogen (secondary N) is 1. The molecule has 19 heavy (non-hydrogen) atoms. The molecule has 2 saturated heterocycles. The standard InChI is InChI=1S/C11H10BrFN2O2S2/c12-6-1-2-9(7(13)3-6)15-10-5-19(16,17)4-8(10)14-11(15)18/h1-3,8,10H,4-5H2,(H-,14,16,17,18)/p+1/t8-,10-/m0/s1. The summed E-state index contributed by atoms with van der Waals surface area (Å²) in [6.45, 7) is 0. The predicted octanol–water partition coefficient (Wildman–Crippen LogP) is 2.01. The molecule has 0 aromatic heterocycles. The van der Waals surface area contributed by atoms with Gasteiger partial charge >= 0.3 is 0 Å². The topological polar surface area (TPSA) is 52.6 Å². The Morgan fingerprint density at radius 3 is 2.95 bits per heavy atom. The van der Waals surface area contributed by atoms with E-state index in [2.05, 4.69) is 21.2 Å². The molecule has 8 heteroatoms. The van der Waals surface area contributed by atoms with Gasteiger partial charge < -0.3 is 10.2 Å². The van der Waals surface area contributed by atoms with Gasteiger partial charge in [0.25, 0.3) is 0 Å². The van der Waals surface area contributed by atoms with Gasteiger partial charge in [-0.25, -0.2) is 4.39 Å². The van der Waals surface area contributed by atoms with Crippen molar-refractivity contribution in [3.63, 3.8) is 0 Å². The van der Waals surface area contributed by atoms with E-state index in [1.165, 1.54) is 6.07 Å². The summed E-state index contributed by atoms with van der Waals surface area (Å²) >= 11 is 8.41. The minimum absolute atomic E-state index is 0.111. The second kappa shape index (κ2) is 4.47. The summed E-state index contributed by atoms with van der Waals surface area (Å²) in [5.74, 6) is -0.136. The number of hydrogen-bond acceptors (Lipinski definition) is 2. The Morgan fingerprint density at radius 1 is 1.53 bits per heavy atom. The van der Waals surface area contributed by atoms with Gasteiger partial charge in [-0.1, -0.05) is 20.1 Å². The molecule has 2 N–H and O–H groups in total. The molecule has 2 aliphatic heterocycles. The van der Waals surface area contributed by atoms with Crippen molar-refractivity contribution in [2.24, 2.45) is 0 Å². The third-order valence-electron chi connectivity index (χ3n) is 3.36. The summed E-state index contributed by atoms with van der Waals surface area (Å²) in [5, 5.41) is 3.41. The van der Waals surface area contributed by atoms with Crippen LogP contribution in [0.2, 0.25) is 0 Å². The Hall–Kier alpha value is -0.570. The molecular weight excluding hydrogens is 355 g/mol. The first-order valence-corrected chi connectivity index (χ1v) is 8.70. The van der Waals surface area contributed by atoms with Crippen LogP contribution in [-0.2, 0) is 14.4 Å². The Kier molecular flexibility index (Phi) is 3.16. The average molecular weight is 366 g/mol. The van der Waals surface area contributed by atoms with Gasteiger partial charge in [0.2, 0.25) is 10.2 Å². The molecular formula is C11H11BrFN2O2S2+. The Morgan fingerprint density at radius 2 is 2.26 bits per heavy atom. The van der Waals surface area contributed by atoms with Crippen LogP contribution in [0.1, 0.15) is 0 Å². The van der Waals surface area contributed by atoms with Gasteiger partial charge in [-0.15, -0.1) is 0 Å². The summed E-state index contributed by atoms with van der Waals surface area (Å²) in [4.78, 5) is 1.62. The van der Waals surface area contributed by atoms with Crippen LogP contribution in [-0.4, -0.2) is 33.3 Å². The molecule has 2 fully saturated rings. The van der Waals surface area contributed by atoms with E-state index in [1.807, 2.05) is 0 Å². The van der Waals surface area contributed by atoms with Crippen molar-refractivity contribution in [2.75, 3.05) is 16.4 Å². The molecule has 0 radical (unpaired) electrons. The van der Waals surface area contributed by atoms with Crippen molar-refractivity contribution in [2.45, 2.75) is 12.1 Å². The highest BCUT2D eigenvalue weighted by atomic mass is 79.9. The van der Waals surface area contributed by atoms with Crippen LogP contribution < -0.4 is 10.2 Å². The summed E-state index contributed by atoms with van der Waals surface area (Å²) in [7, 11) is -2.84. The minimum atomic E-state index is -2.84. The van der Waals surface area contributed by atoms with Gasteiger partial charge in [0.15, 0.2) is 16.6 Å². The van der Waals surface area contributed by atoms with Gasteiger partial charge in [0, 0.05) is 4.47 Å². The van der Waals surface area contributed by atoms with E-state index in [0.29, 0.717) is 15.3 Å². The van der Waals surface area contributed by atoms with E-state index in [1.54, 1.807) is 17.0 Å². The third-order valence-corrected chi connectivity index (χ3v) is 5.91. The maximum Gasteiger partial charge on any atom is 0.218 e. The maximum absolute atomic E-state index is 14.0. The predicted molar refractivity (Wildman–Crippen MR) is 80.3 cm³/mol. The zero-order valence-electron chi connectivity index (χ0n) is 9.68. The smallest absolute Gasteiger partial charge is 0.218 e. The summed E-state index contributed by atoms with van der Waals surface area (Å²) < 4.78 is 36.1. The third kappa shape index (κ3) is 2.31. The quantitative estimate of drug-likeness (QED) is 0.588. The first kappa shape index (κ1) is 13.4. The number of halogens is 2. The van der Waals surface area contributed by atoms with E-state index < -0.39 is 16.0 Å². The second-order valence-corrected chi connectivity index (χ2v) is 8.21. The fraction of sp³-hybridized carbons (Fsp3) is 0.364. The molecule has 4 nitrogen and oxygen atoms in total. The minimum Gasteiger partial charge on any atom is -0.352 e. The molecule has 102 valence electrons. The Labute approximate surface area is 124 Å². The molecule has 0 bridgehead atoms. The van der Waals surface area contributed by atoms with E-state index in [4.69, 9.17) is 12.2 Å². The fourth-order valence-electron chi connectivity index (χ4n) is 2.58. The number of hydrogen-bond donors (Lipinski definition) is 2. The Balaban J connectivity index is 2.00. The number of benzene rings is 1. The highest BCUT2D eigenvalue weighted by Gasteiger charge is 2.54. The van der Waals surface area contributed by atoms with E-state index in [-0.39, 0.29) is 23.6 Å².